The number of aromatic nitrogens is 4. The van der Waals surface area contributed by atoms with Crippen LogP contribution in [0, 0.1) is 0 Å². The molecule has 1 aromatic carbocycles. The van der Waals surface area contributed by atoms with Crippen molar-refractivity contribution >= 4 is 16.9 Å². The number of rotatable bonds is 5. The summed E-state index contributed by atoms with van der Waals surface area (Å²) in [7, 11) is 0. The summed E-state index contributed by atoms with van der Waals surface area (Å²) in [5.74, 6) is 0.132. The number of carbonyl (C=O) groups excluding carboxylic acids is 1. The van der Waals surface area contributed by atoms with Gasteiger partial charge >= 0.3 is 5.97 Å². The number of carbonyl (C=O) groups is 1. The summed E-state index contributed by atoms with van der Waals surface area (Å²) in [6.45, 7) is 1.63. The molecule has 29 heavy (non-hydrogen) atoms. The minimum Gasteiger partial charge on any atom is -0.451 e. The first-order valence-electron chi connectivity index (χ1n) is 8.84. The van der Waals surface area contributed by atoms with Crippen LogP contribution in [-0.4, -0.2) is 25.9 Å². The Morgan fingerprint density at radius 2 is 1.90 bits per heavy atom. The van der Waals surface area contributed by atoms with E-state index in [1.54, 1.807) is 61.7 Å². The molecule has 3 aromatic heterocycles. The van der Waals surface area contributed by atoms with Gasteiger partial charge in [-0.05, 0) is 43.3 Å². The zero-order valence-electron chi connectivity index (χ0n) is 15.4. The first-order chi connectivity index (χ1) is 14.1. The molecular weight excluding hydrogens is 372 g/mol. The molecule has 144 valence electrons. The molecule has 4 aromatic rings. The van der Waals surface area contributed by atoms with Crippen molar-refractivity contribution in [3.05, 3.63) is 88.9 Å². The molecule has 0 aliphatic carbocycles. The smallest absolute Gasteiger partial charge is 0.344 e. The number of fused-ring (bicyclic) bond motifs is 1. The molecule has 0 saturated heterocycles. The zero-order chi connectivity index (χ0) is 20.2. The van der Waals surface area contributed by atoms with Gasteiger partial charge in [0, 0.05) is 12.4 Å². The van der Waals surface area contributed by atoms with Crippen molar-refractivity contribution in [2.45, 2.75) is 13.0 Å². The summed E-state index contributed by atoms with van der Waals surface area (Å²) >= 11 is 0. The molecular formula is C21H16N4O4. The van der Waals surface area contributed by atoms with Gasteiger partial charge < -0.3 is 14.5 Å². The fourth-order valence-electron chi connectivity index (χ4n) is 2.72. The van der Waals surface area contributed by atoms with Gasteiger partial charge in [-0.25, -0.2) is 14.8 Å². The second-order valence-electron chi connectivity index (χ2n) is 6.16. The molecule has 1 N–H and O–H groups in total. The fraction of sp³-hybridized carbons (Fsp3) is 0.0952. The third kappa shape index (κ3) is 3.96. The average molecular weight is 388 g/mol. The Kier molecular flexibility index (Phi) is 4.98. The molecule has 0 aliphatic rings. The van der Waals surface area contributed by atoms with Crippen LogP contribution in [0.4, 0.5) is 0 Å². The van der Waals surface area contributed by atoms with E-state index in [9.17, 15) is 9.59 Å². The van der Waals surface area contributed by atoms with Gasteiger partial charge in [-0.2, -0.15) is 0 Å². The van der Waals surface area contributed by atoms with Crippen LogP contribution in [0.3, 0.4) is 0 Å². The lowest BCUT2D eigenvalue weighted by Gasteiger charge is -2.14. The van der Waals surface area contributed by atoms with Crippen LogP contribution >= 0.6 is 0 Å². The number of ether oxygens (including phenoxy) is 2. The highest BCUT2D eigenvalue weighted by atomic mass is 16.5. The van der Waals surface area contributed by atoms with Crippen molar-refractivity contribution in [2.24, 2.45) is 0 Å². The van der Waals surface area contributed by atoms with E-state index in [2.05, 4.69) is 19.9 Å². The number of benzene rings is 1. The number of nitrogens with one attached hydrogen (secondary N) is 1. The number of para-hydroxylation sites is 1. The third-order valence-corrected chi connectivity index (χ3v) is 4.14. The zero-order valence-corrected chi connectivity index (χ0v) is 15.4. The maximum absolute atomic E-state index is 12.7. The molecule has 0 spiro atoms. The van der Waals surface area contributed by atoms with Crippen LogP contribution in [0.2, 0.25) is 0 Å². The summed E-state index contributed by atoms with van der Waals surface area (Å²) in [5, 5.41) is 0.467. The minimum atomic E-state index is -0.786. The lowest BCUT2D eigenvalue weighted by atomic mass is 10.2. The van der Waals surface area contributed by atoms with Crippen molar-refractivity contribution in [3.8, 4) is 11.6 Å². The largest absolute Gasteiger partial charge is 0.451 e. The first kappa shape index (κ1) is 18.3. The molecule has 1 unspecified atom stereocenters. The number of aromatic amines is 1. The number of esters is 1. The third-order valence-electron chi connectivity index (χ3n) is 4.14. The molecule has 0 bridgehead atoms. The molecule has 0 aliphatic heterocycles. The Morgan fingerprint density at radius 3 is 2.72 bits per heavy atom. The Balaban J connectivity index is 1.58. The monoisotopic (exact) mass is 388 g/mol. The second kappa shape index (κ2) is 7.89. The molecule has 0 saturated carbocycles. The van der Waals surface area contributed by atoms with E-state index < -0.39 is 12.1 Å². The van der Waals surface area contributed by atoms with Crippen LogP contribution < -0.4 is 10.3 Å². The summed E-state index contributed by atoms with van der Waals surface area (Å²) in [5.41, 5.74) is 0.373. The van der Waals surface area contributed by atoms with Gasteiger partial charge in [-0.3, -0.25) is 9.78 Å². The SMILES string of the molecule is CC(OC(=O)c1cccnc1Oc1cccnc1)c1nc2ccccc2c(=O)[nH]1. The summed E-state index contributed by atoms with van der Waals surface area (Å²) in [6, 6.07) is 13.5. The number of hydrogen-bond donors (Lipinski definition) is 1. The van der Waals surface area contributed by atoms with E-state index in [0.717, 1.165) is 0 Å². The molecule has 0 radical (unpaired) electrons. The van der Waals surface area contributed by atoms with Crippen molar-refractivity contribution in [2.75, 3.05) is 0 Å². The Hall–Kier alpha value is -4.07. The van der Waals surface area contributed by atoms with Crippen molar-refractivity contribution < 1.29 is 14.3 Å². The topological polar surface area (TPSA) is 107 Å². The quantitative estimate of drug-likeness (QED) is 0.522. The number of hydrogen-bond acceptors (Lipinski definition) is 7. The maximum Gasteiger partial charge on any atom is 0.344 e. The standard InChI is InChI=1S/C21H16N4O4/c1-13(18-24-17-9-3-2-7-15(17)19(26)25-18)28-21(27)16-8-5-11-23-20(16)29-14-6-4-10-22-12-14/h2-13H,1H3,(H,24,25,26). The molecule has 0 amide bonds. The van der Waals surface area contributed by atoms with Gasteiger partial charge in [0.25, 0.3) is 5.56 Å². The second-order valence-corrected chi connectivity index (χ2v) is 6.16. The van der Waals surface area contributed by atoms with Gasteiger partial charge in [-0.15, -0.1) is 0 Å². The first-order valence-corrected chi connectivity index (χ1v) is 8.84. The molecule has 4 rings (SSSR count). The molecule has 8 heteroatoms. The van der Waals surface area contributed by atoms with E-state index in [0.29, 0.717) is 16.7 Å². The average Bonchev–Trinajstić information content (AvgIpc) is 2.75. The maximum atomic E-state index is 12.7. The highest BCUT2D eigenvalue weighted by molar-refractivity contribution is 5.92. The number of nitrogens with zero attached hydrogens (tertiary/aromatic N) is 3. The van der Waals surface area contributed by atoms with Gasteiger partial charge in [0.15, 0.2) is 11.9 Å². The van der Waals surface area contributed by atoms with Crippen LogP contribution in [0.15, 0.2) is 71.9 Å². The van der Waals surface area contributed by atoms with Crippen molar-refractivity contribution in [1.29, 1.82) is 0 Å². The predicted octanol–water partition coefficient (Wildman–Crippen LogP) is 3.42. The lowest BCUT2D eigenvalue weighted by Crippen LogP contribution is -2.18. The minimum absolute atomic E-state index is 0.0951. The Labute approximate surface area is 165 Å². The van der Waals surface area contributed by atoms with Gasteiger partial charge in [0.05, 0.1) is 17.1 Å². The Morgan fingerprint density at radius 1 is 1.07 bits per heavy atom. The molecule has 0 fully saturated rings. The lowest BCUT2D eigenvalue weighted by molar-refractivity contribution is 0.0316. The van der Waals surface area contributed by atoms with Crippen molar-refractivity contribution in [1.82, 2.24) is 19.9 Å². The van der Waals surface area contributed by atoms with E-state index >= 15 is 0 Å². The van der Waals surface area contributed by atoms with Crippen LogP contribution in [0.5, 0.6) is 11.6 Å². The van der Waals surface area contributed by atoms with Crippen LogP contribution in [-0.2, 0) is 4.74 Å². The van der Waals surface area contributed by atoms with Gasteiger partial charge in [0.1, 0.15) is 11.3 Å². The number of H-pyrrole nitrogens is 1. The summed E-state index contributed by atoms with van der Waals surface area (Å²) < 4.78 is 11.1. The number of pyridine rings is 2. The van der Waals surface area contributed by atoms with Crippen LogP contribution in [0.25, 0.3) is 10.9 Å². The van der Waals surface area contributed by atoms with Crippen molar-refractivity contribution in [3.63, 3.8) is 0 Å². The normalized spacial score (nSPS) is 11.8. The molecule has 1 atom stereocenters. The van der Waals surface area contributed by atoms with E-state index in [1.165, 1.54) is 12.4 Å². The predicted molar refractivity (Wildman–Crippen MR) is 105 cm³/mol. The Bertz CT molecular complexity index is 1220. The fourth-order valence-corrected chi connectivity index (χ4v) is 2.72. The molecule has 8 nitrogen and oxygen atoms in total. The highest BCUT2D eigenvalue weighted by Crippen LogP contribution is 2.24. The van der Waals surface area contributed by atoms with E-state index in [4.69, 9.17) is 9.47 Å². The molecule has 3 heterocycles. The summed E-state index contributed by atoms with van der Waals surface area (Å²) in [6.07, 6.45) is 3.84. The van der Waals surface area contributed by atoms with Gasteiger partial charge in [-0.1, -0.05) is 12.1 Å². The van der Waals surface area contributed by atoms with E-state index in [-0.39, 0.29) is 22.8 Å². The highest BCUT2D eigenvalue weighted by Gasteiger charge is 2.21. The van der Waals surface area contributed by atoms with Crippen LogP contribution in [0.1, 0.15) is 29.2 Å². The van der Waals surface area contributed by atoms with Gasteiger partial charge in [0.2, 0.25) is 5.88 Å². The summed E-state index contributed by atoms with van der Waals surface area (Å²) in [4.78, 5) is 40.1. The van der Waals surface area contributed by atoms with E-state index in [1.807, 2.05) is 0 Å².